The zero-order chi connectivity index (χ0) is 19.6. The van der Waals surface area contributed by atoms with Crippen LogP contribution in [0.25, 0.3) is 0 Å². The first-order chi connectivity index (χ1) is 12.7. The van der Waals surface area contributed by atoms with Crippen molar-refractivity contribution in [2.24, 2.45) is 5.92 Å². The van der Waals surface area contributed by atoms with E-state index in [2.05, 4.69) is 26.1 Å². The van der Waals surface area contributed by atoms with E-state index in [1.54, 1.807) is 17.0 Å². The molecule has 0 bridgehead atoms. The number of carbonyl (C=O) groups is 2. The van der Waals surface area contributed by atoms with Crippen molar-refractivity contribution < 1.29 is 14.0 Å². The number of anilines is 1. The van der Waals surface area contributed by atoms with Gasteiger partial charge in [0.25, 0.3) is 0 Å². The molecule has 4 nitrogen and oxygen atoms in total. The fourth-order valence-electron chi connectivity index (χ4n) is 3.21. The highest BCUT2D eigenvalue weighted by Crippen LogP contribution is 2.25. The highest BCUT2D eigenvalue weighted by atomic mass is 19.1. The van der Waals surface area contributed by atoms with Crippen LogP contribution in [0.15, 0.2) is 48.5 Å². The van der Waals surface area contributed by atoms with Gasteiger partial charge in [-0.3, -0.25) is 9.59 Å². The summed E-state index contributed by atoms with van der Waals surface area (Å²) in [6.07, 6.45) is 0.201. The summed E-state index contributed by atoms with van der Waals surface area (Å²) in [6.45, 7) is 7.19. The smallest absolute Gasteiger partial charge is 0.229 e. The van der Waals surface area contributed by atoms with Crippen LogP contribution in [0.1, 0.15) is 38.3 Å². The van der Waals surface area contributed by atoms with Gasteiger partial charge < -0.3 is 10.2 Å². The summed E-state index contributed by atoms with van der Waals surface area (Å²) >= 11 is 0. The number of hydrogen-bond acceptors (Lipinski definition) is 2. The fourth-order valence-corrected chi connectivity index (χ4v) is 3.21. The van der Waals surface area contributed by atoms with Gasteiger partial charge in [-0.15, -0.1) is 0 Å². The predicted molar refractivity (Wildman–Crippen MR) is 104 cm³/mol. The van der Waals surface area contributed by atoms with Gasteiger partial charge in [0.1, 0.15) is 5.82 Å². The number of nitrogens with zero attached hydrogens (tertiary/aromatic N) is 1. The van der Waals surface area contributed by atoms with Gasteiger partial charge in [0.2, 0.25) is 11.8 Å². The zero-order valence-corrected chi connectivity index (χ0v) is 16.0. The number of likely N-dealkylation sites (tertiary alicyclic amines) is 1. The summed E-state index contributed by atoms with van der Waals surface area (Å²) in [5.41, 5.74) is 2.84. The molecular formula is C22H25FN2O2. The molecule has 0 saturated carbocycles. The Hall–Kier alpha value is -2.69. The highest BCUT2D eigenvalue weighted by molar-refractivity contribution is 5.97. The lowest BCUT2D eigenvalue weighted by molar-refractivity contribution is -0.128. The van der Waals surface area contributed by atoms with Crippen LogP contribution in [-0.4, -0.2) is 23.3 Å². The molecule has 5 heteroatoms. The van der Waals surface area contributed by atoms with Crippen molar-refractivity contribution in [2.75, 3.05) is 11.9 Å². The van der Waals surface area contributed by atoms with Gasteiger partial charge in [-0.05, 0) is 40.8 Å². The minimum absolute atomic E-state index is 0.0532. The molecule has 1 saturated heterocycles. The van der Waals surface area contributed by atoms with Crippen molar-refractivity contribution in [2.45, 2.75) is 39.2 Å². The standard InChI is InChI=1S/C22H25FN2O2/c1-22(2,3)17-6-10-19(11-7-17)24-21(27)16-12-20(26)25(14-16)13-15-4-8-18(23)9-5-15/h4-11,16H,12-14H2,1-3H3,(H,24,27). The average Bonchev–Trinajstić information content (AvgIpc) is 2.97. The van der Waals surface area contributed by atoms with Crippen LogP contribution in [0.3, 0.4) is 0 Å². The van der Waals surface area contributed by atoms with Crippen molar-refractivity contribution in [1.82, 2.24) is 4.90 Å². The minimum Gasteiger partial charge on any atom is -0.338 e. The molecule has 0 aromatic heterocycles. The van der Waals surface area contributed by atoms with Gasteiger partial charge >= 0.3 is 0 Å². The maximum Gasteiger partial charge on any atom is 0.229 e. The van der Waals surface area contributed by atoms with Gasteiger partial charge in [0, 0.05) is 25.2 Å². The molecule has 2 amide bonds. The molecule has 1 aliphatic heterocycles. The second-order valence-corrected chi connectivity index (χ2v) is 8.12. The van der Waals surface area contributed by atoms with E-state index in [1.165, 1.54) is 17.7 Å². The van der Waals surface area contributed by atoms with Crippen molar-refractivity contribution in [3.05, 3.63) is 65.5 Å². The molecule has 1 aliphatic rings. The largest absolute Gasteiger partial charge is 0.338 e. The lowest BCUT2D eigenvalue weighted by Crippen LogP contribution is -2.28. The number of amides is 2. The first-order valence-corrected chi connectivity index (χ1v) is 9.16. The lowest BCUT2D eigenvalue weighted by atomic mass is 9.87. The van der Waals surface area contributed by atoms with Crippen LogP contribution in [0.5, 0.6) is 0 Å². The maximum atomic E-state index is 13.0. The van der Waals surface area contributed by atoms with Gasteiger partial charge in [-0.1, -0.05) is 45.0 Å². The normalized spacial score (nSPS) is 17.3. The van der Waals surface area contributed by atoms with E-state index in [9.17, 15) is 14.0 Å². The summed E-state index contributed by atoms with van der Waals surface area (Å²) in [6, 6.07) is 13.9. The SMILES string of the molecule is CC(C)(C)c1ccc(NC(=O)C2CC(=O)N(Cc3ccc(F)cc3)C2)cc1. The van der Waals surface area contributed by atoms with Crippen LogP contribution in [0.4, 0.5) is 10.1 Å². The van der Waals surface area contributed by atoms with E-state index in [-0.39, 0.29) is 35.4 Å². The van der Waals surface area contributed by atoms with Gasteiger partial charge in [0.05, 0.1) is 5.92 Å². The van der Waals surface area contributed by atoms with Gasteiger partial charge in [0.15, 0.2) is 0 Å². The molecule has 27 heavy (non-hydrogen) atoms. The summed E-state index contributed by atoms with van der Waals surface area (Å²) < 4.78 is 13.0. The predicted octanol–water partition coefficient (Wildman–Crippen LogP) is 4.11. The van der Waals surface area contributed by atoms with E-state index in [1.807, 2.05) is 24.3 Å². The Kier molecular flexibility index (Phi) is 5.31. The van der Waals surface area contributed by atoms with Crippen molar-refractivity contribution in [3.8, 4) is 0 Å². The fraction of sp³-hybridized carbons (Fsp3) is 0.364. The van der Waals surface area contributed by atoms with E-state index in [0.29, 0.717) is 13.1 Å². The number of nitrogens with one attached hydrogen (secondary N) is 1. The summed E-state index contributed by atoms with van der Waals surface area (Å²) in [7, 11) is 0. The molecule has 0 radical (unpaired) electrons. The van der Waals surface area contributed by atoms with Crippen LogP contribution in [0, 0.1) is 11.7 Å². The Morgan fingerprint density at radius 2 is 1.74 bits per heavy atom. The highest BCUT2D eigenvalue weighted by Gasteiger charge is 2.34. The van der Waals surface area contributed by atoms with E-state index in [4.69, 9.17) is 0 Å². The second kappa shape index (κ2) is 7.51. The van der Waals surface area contributed by atoms with Gasteiger partial charge in [-0.25, -0.2) is 4.39 Å². The van der Waals surface area contributed by atoms with Gasteiger partial charge in [-0.2, -0.15) is 0 Å². The number of benzene rings is 2. The molecule has 2 aromatic rings. The Balaban J connectivity index is 1.59. The maximum absolute atomic E-state index is 13.0. The van der Waals surface area contributed by atoms with Crippen LogP contribution >= 0.6 is 0 Å². The Bertz CT molecular complexity index is 823. The van der Waals surface area contributed by atoms with Crippen molar-refractivity contribution in [1.29, 1.82) is 0 Å². The number of rotatable bonds is 4. The Morgan fingerprint density at radius 3 is 2.33 bits per heavy atom. The van der Waals surface area contributed by atoms with Crippen molar-refractivity contribution >= 4 is 17.5 Å². The molecule has 1 heterocycles. The monoisotopic (exact) mass is 368 g/mol. The summed E-state index contributed by atoms with van der Waals surface area (Å²) in [5.74, 6) is -0.877. The Morgan fingerprint density at radius 1 is 1.11 bits per heavy atom. The Labute approximate surface area is 159 Å². The molecular weight excluding hydrogens is 343 g/mol. The number of hydrogen-bond donors (Lipinski definition) is 1. The molecule has 0 aliphatic carbocycles. The molecule has 1 atom stereocenters. The van der Waals surface area contributed by atoms with Crippen LogP contribution in [0.2, 0.25) is 0 Å². The quantitative estimate of drug-likeness (QED) is 0.883. The third-order valence-electron chi connectivity index (χ3n) is 4.89. The molecule has 1 unspecified atom stereocenters. The molecule has 1 fully saturated rings. The zero-order valence-electron chi connectivity index (χ0n) is 16.0. The van der Waals surface area contributed by atoms with Crippen LogP contribution in [-0.2, 0) is 21.5 Å². The van der Waals surface area contributed by atoms with Crippen molar-refractivity contribution in [3.63, 3.8) is 0 Å². The average molecular weight is 368 g/mol. The second-order valence-electron chi connectivity index (χ2n) is 8.12. The summed E-state index contributed by atoms with van der Waals surface area (Å²) in [5, 5.41) is 2.91. The third kappa shape index (κ3) is 4.73. The van der Waals surface area contributed by atoms with E-state index >= 15 is 0 Å². The first kappa shape index (κ1) is 19.1. The molecule has 3 rings (SSSR count). The molecule has 0 spiro atoms. The minimum atomic E-state index is -0.375. The topological polar surface area (TPSA) is 49.4 Å². The lowest BCUT2D eigenvalue weighted by Gasteiger charge is -2.19. The number of carbonyl (C=O) groups excluding carboxylic acids is 2. The van der Waals surface area contributed by atoms with E-state index in [0.717, 1.165) is 11.3 Å². The van der Waals surface area contributed by atoms with E-state index < -0.39 is 0 Å². The molecule has 142 valence electrons. The molecule has 2 aromatic carbocycles. The third-order valence-corrected chi connectivity index (χ3v) is 4.89. The van der Waals surface area contributed by atoms with Crippen LogP contribution < -0.4 is 5.32 Å². The molecule has 1 N–H and O–H groups in total. The summed E-state index contributed by atoms with van der Waals surface area (Å²) in [4.78, 5) is 26.4. The number of halogens is 1. The first-order valence-electron chi connectivity index (χ1n) is 9.16.